The van der Waals surface area contributed by atoms with Crippen LogP contribution in [0.25, 0.3) is 0 Å². The fourth-order valence-electron chi connectivity index (χ4n) is 2.06. The van der Waals surface area contributed by atoms with Crippen molar-refractivity contribution in [3.05, 3.63) is 53.2 Å². The maximum atomic E-state index is 12.4. The molecule has 0 unspecified atom stereocenters. The number of anilines is 1. The molecule has 1 aromatic heterocycles. The van der Waals surface area contributed by atoms with Crippen molar-refractivity contribution in [3.8, 4) is 5.88 Å². The summed E-state index contributed by atoms with van der Waals surface area (Å²) in [5.74, 6) is -0.0301. The molecule has 24 heavy (non-hydrogen) atoms. The third kappa shape index (κ3) is 4.32. The van der Waals surface area contributed by atoms with Crippen LogP contribution in [-0.4, -0.2) is 29.9 Å². The molecule has 2 aromatic rings. The van der Waals surface area contributed by atoms with Crippen molar-refractivity contribution in [2.45, 2.75) is 26.9 Å². The monoisotopic (exact) mass is 327 g/mol. The fraction of sp³-hybridized carbons (Fsp3) is 0.278. The highest BCUT2D eigenvalue weighted by atomic mass is 16.5. The molecule has 0 spiro atoms. The molecule has 0 aliphatic carbocycles. The number of nitrogens with zero attached hydrogens (tertiary/aromatic N) is 1. The van der Waals surface area contributed by atoms with Crippen molar-refractivity contribution in [1.82, 2.24) is 10.3 Å². The van der Waals surface area contributed by atoms with Gasteiger partial charge in [0.1, 0.15) is 0 Å². The Morgan fingerprint density at radius 1 is 1.08 bits per heavy atom. The van der Waals surface area contributed by atoms with Crippen LogP contribution in [-0.2, 0) is 0 Å². The molecule has 1 heterocycles. The SMILES string of the molecule is CNC(=O)c1ccc(C)c(NC(=O)c2ccc(OC(C)C)nc2)c1. The van der Waals surface area contributed by atoms with Gasteiger partial charge in [-0.2, -0.15) is 0 Å². The van der Waals surface area contributed by atoms with Gasteiger partial charge in [-0.05, 0) is 44.5 Å². The highest BCUT2D eigenvalue weighted by molar-refractivity contribution is 6.05. The van der Waals surface area contributed by atoms with E-state index in [1.165, 1.54) is 6.20 Å². The zero-order chi connectivity index (χ0) is 17.7. The highest BCUT2D eigenvalue weighted by Gasteiger charge is 2.11. The van der Waals surface area contributed by atoms with E-state index in [4.69, 9.17) is 4.74 Å². The second-order valence-corrected chi connectivity index (χ2v) is 5.61. The first-order valence-electron chi connectivity index (χ1n) is 7.67. The molecule has 6 nitrogen and oxygen atoms in total. The van der Waals surface area contributed by atoms with E-state index < -0.39 is 0 Å². The van der Waals surface area contributed by atoms with Gasteiger partial charge in [-0.1, -0.05) is 6.07 Å². The number of ether oxygens (including phenoxy) is 1. The molecule has 0 aliphatic heterocycles. The number of nitrogens with one attached hydrogen (secondary N) is 2. The second kappa shape index (κ2) is 7.59. The van der Waals surface area contributed by atoms with E-state index in [-0.39, 0.29) is 17.9 Å². The molecule has 1 aromatic carbocycles. The van der Waals surface area contributed by atoms with Crippen LogP contribution >= 0.6 is 0 Å². The van der Waals surface area contributed by atoms with E-state index in [0.717, 1.165) is 5.56 Å². The summed E-state index contributed by atoms with van der Waals surface area (Å²) in [5, 5.41) is 5.37. The summed E-state index contributed by atoms with van der Waals surface area (Å²) in [5.41, 5.74) is 2.35. The largest absolute Gasteiger partial charge is 0.475 e. The van der Waals surface area contributed by atoms with E-state index in [0.29, 0.717) is 22.7 Å². The summed E-state index contributed by atoms with van der Waals surface area (Å²) in [7, 11) is 1.56. The molecule has 2 amide bonds. The van der Waals surface area contributed by atoms with Gasteiger partial charge in [0, 0.05) is 30.6 Å². The first kappa shape index (κ1) is 17.5. The molecule has 0 saturated heterocycles. The lowest BCUT2D eigenvalue weighted by molar-refractivity contribution is 0.0961. The van der Waals surface area contributed by atoms with Gasteiger partial charge < -0.3 is 15.4 Å². The van der Waals surface area contributed by atoms with Crippen LogP contribution in [0, 0.1) is 6.92 Å². The highest BCUT2D eigenvalue weighted by Crippen LogP contribution is 2.18. The zero-order valence-electron chi connectivity index (χ0n) is 14.2. The second-order valence-electron chi connectivity index (χ2n) is 5.61. The third-order valence-electron chi connectivity index (χ3n) is 3.33. The Labute approximate surface area is 141 Å². The smallest absolute Gasteiger partial charge is 0.257 e. The molecule has 0 atom stereocenters. The Balaban J connectivity index is 2.15. The lowest BCUT2D eigenvalue weighted by Crippen LogP contribution is -2.19. The van der Waals surface area contributed by atoms with Gasteiger partial charge in [-0.3, -0.25) is 9.59 Å². The number of carbonyl (C=O) groups excluding carboxylic acids is 2. The molecule has 0 saturated carbocycles. The van der Waals surface area contributed by atoms with Gasteiger partial charge in [-0.15, -0.1) is 0 Å². The maximum Gasteiger partial charge on any atom is 0.257 e. The van der Waals surface area contributed by atoms with Gasteiger partial charge in [0.05, 0.1) is 11.7 Å². The number of hydrogen-bond acceptors (Lipinski definition) is 4. The van der Waals surface area contributed by atoms with Gasteiger partial charge in [0.25, 0.3) is 11.8 Å². The predicted octanol–water partition coefficient (Wildman–Crippen LogP) is 2.79. The van der Waals surface area contributed by atoms with Crippen LogP contribution in [0.4, 0.5) is 5.69 Å². The van der Waals surface area contributed by atoms with Crippen LogP contribution in [0.5, 0.6) is 5.88 Å². The van der Waals surface area contributed by atoms with Crippen LogP contribution in [0.3, 0.4) is 0 Å². The number of hydrogen-bond donors (Lipinski definition) is 2. The standard InChI is InChI=1S/C18H21N3O3/c1-11(2)24-16-8-7-14(10-20-16)18(23)21-15-9-13(17(22)19-4)6-5-12(15)3/h5-11H,1-4H3,(H,19,22)(H,21,23). The van der Waals surface area contributed by atoms with Crippen LogP contribution < -0.4 is 15.4 Å². The lowest BCUT2D eigenvalue weighted by Gasteiger charge is -2.11. The minimum absolute atomic E-state index is 0.0206. The topological polar surface area (TPSA) is 80.3 Å². The molecule has 0 fully saturated rings. The van der Waals surface area contributed by atoms with Crippen LogP contribution in [0.15, 0.2) is 36.5 Å². The average Bonchev–Trinajstić information content (AvgIpc) is 2.56. The molecule has 2 rings (SSSR count). The first-order chi connectivity index (χ1) is 11.4. The molecule has 0 radical (unpaired) electrons. The molecule has 126 valence electrons. The Hall–Kier alpha value is -2.89. The van der Waals surface area contributed by atoms with E-state index in [1.54, 1.807) is 37.4 Å². The van der Waals surface area contributed by atoms with Crippen molar-refractivity contribution in [2.24, 2.45) is 0 Å². The minimum Gasteiger partial charge on any atom is -0.475 e. The Kier molecular flexibility index (Phi) is 5.52. The molecule has 6 heteroatoms. The van der Waals surface area contributed by atoms with Crippen molar-refractivity contribution < 1.29 is 14.3 Å². The average molecular weight is 327 g/mol. The molecular formula is C18H21N3O3. The van der Waals surface area contributed by atoms with Crippen LogP contribution in [0.2, 0.25) is 0 Å². The summed E-state index contributed by atoms with van der Waals surface area (Å²) >= 11 is 0. The van der Waals surface area contributed by atoms with Gasteiger partial charge in [-0.25, -0.2) is 4.98 Å². The lowest BCUT2D eigenvalue weighted by atomic mass is 10.1. The number of benzene rings is 1. The summed E-state index contributed by atoms with van der Waals surface area (Å²) in [6.07, 6.45) is 1.48. The van der Waals surface area contributed by atoms with E-state index in [9.17, 15) is 9.59 Å². The number of amides is 2. The Bertz CT molecular complexity index is 740. The van der Waals surface area contributed by atoms with E-state index >= 15 is 0 Å². The molecule has 2 N–H and O–H groups in total. The Morgan fingerprint density at radius 3 is 2.38 bits per heavy atom. The first-order valence-corrected chi connectivity index (χ1v) is 7.67. The summed E-state index contributed by atoms with van der Waals surface area (Å²) in [6, 6.07) is 8.46. The van der Waals surface area contributed by atoms with Crippen molar-refractivity contribution in [3.63, 3.8) is 0 Å². The molecular weight excluding hydrogens is 306 g/mol. The van der Waals surface area contributed by atoms with E-state index in [2.05, 4.69) is 15.6 Å². The van der Waals surface area contributed by atoms with E-state index in [1.807, 2.05) is 20.8 Å². The van der Waals surface area contributed by atoms with Gasteiger partial charge >= 0.3 is 0 Å². The molecule has 0 bridgehead atoms. The number of pyridine rings is 1. The predicted molar refractivity (Wildman–Crippen MR) is 92.5 cm³/mol. The fourth-order valence-corrected chi connectivity index (χ4v) is 2.06. The normalized spacial score (nSPS) is 10.4. The summed E-state index contributed by atoms with van der Waals surface area (Å²) in [4.78, 5) is 28.2. The number of aromatic nitrogens is 1. The number of aryl methyl sites for hydroxylation is 1. The quantitative estimate of drug-likeness (QED) is 0.885. The zero-order valence-corrected chi connectivity index (χ0v) is 14.2. The molecule has 0 aliphatic rings. The summed E-state index contributed by atoms with van der Waals surface area (Å²) < 4.78 is 5.45. The van der Waals surface area contributed by atoms with Crippen LogP contribution in [0.1, 0.15) is 40.1 Å². The number of carbonyl (C=O) groups is 2. The third-order valence-corrected chi connectivity index (χ3v) is 3.33. The maximum absolute atomic E-state index is 12.4. The number of rotatable bonds is 5. The summed E-state index contributed by atoms with van der Waals surface area (Å²) in [6.45, 7) is 5.68. The van der Waals surface area contributed by atoms with Gasteiger partial charge in [0.2, 0.25) is 5.88 Å². The van der Waals surface area contributed by atoms with Crippen molar-refractivity contribution in [1.29, 1.82) is 0 Å². The van der Waals surface area contributed by atoms with Gasteiger partial charge in [0.15, 0.2) is 0 Å². The minimum atomic E-state index is -0.296. The Morgan fingerprint density at radius 2 is 1.79 bits per heavy atom. The van der Waals surface area contributed by atoms with Crippen molar-refractivity contribution in [2.75, 3.05) is 12.4 Å². The van der Waals surface area contributed by atoms with Crippen molar-refractivity contribution >= 4 is 17.5 Å².